The Kier molecular flexibility index (Phi) is 9.40. The summed E-state index contributed by atoms with van der Waals surface area (Å²) in [7, 11) is -7.60. The Morgan fingerprint density at radius 2 is 1.47 bits per heavy atom. The van der Waals surface area contributed by atoms with Gasteiger partial charge in [-0.3, -0.25) is 4.79 Å². The molecule has 1 aliphatic carbocycles. The molecule has 1 aliphatic heterocycles. The molecule has 1 saturated carbocycles. The quantitative estimate of drug-likeness (QED) is 0.259. The van der Waals surface area contributed by atoms with Crippen molar-refractivity contribution in [3.05, 3.63) is 75.8 Å². The number of rotatable bonds is 8. The highest BCUT2D eigenvalue weighted by Crippen LogP contribution is 2.30. The Hall–Kier alpha value is -3.46. The van der Waals surface area contributed by atoms with Gasteiger partial charge in [0, 0.05) is 25.0 Å². The summed E-state index contributed by atoms with van der Waals surface area (Å²) in [5, 5.41) is 8.26. The van der Waals surface area contributed by atoms with Crippen molar-refractivity contribution in [3.63, 3.8) is 0 Å². The first-order chi connectivity index (χ1) is 22.3. The van der Waals surface area contributed by atoms with Crippen LogP contribution in [-0.4, -0.2) is 65.2 Å². The number of piperidine rings is 1. The number of hydrogen-bond acceptors (Lipinski definition) is 8. The average Bonchev–Trinajstić information content (AvgIpc) is 3.27. The maximum absolute atomic E-state index is 13.5. The number of fused-ring (bicyclic) bond motifs is 1. The van der Waals surface area contributed by atoms with Gasteiger partial charge in [0.2, 0.25) is 20.0 Å². The van der Waals surface area contributed by atoms with E-state index >= 15 is 0 Å². The zero-order valence-electron chi connectivity index (χ0n) is 27.1. The monoisotopic (exact) mass is 681 g/mol. The molecule has 3 heterocycles. The van der Waals surface area contributed by atoms with Crippen LogP contribution in [0.3, 0.4) is 0 Å². The van der Waals surface area contributed by atoms with Gasteiger partial charge >= 0.3 is 0 Å². The van der Waals surface area contributed by atoms with Crippen molar-refractivity contribution < 1.29 is 16.8 Å². The first-order valence-electron chi connectivity index (χ1n) is 16.4. The first-order valence-corrected chi connectivity index (χ1v) is 19.3. The Morgan fingerprint density at radius 1 is 0.851 bits per heavy atom. The van der Waals surface area contributed by atoms with Gasteiger partial charge in [0.05, 0.1) is 16.3 Å². The molecule has 0 radical (unpaired) electrons. The fourth-order valence-corrected chi connectivity index (χ4v) is 9.23. The number of benzene rings is 2. The van der Waals surface area contributed by atoms with Gasteiger partial charge in [-0.25, -0.2) is 31.2 Å². The van der Waals surface area contributed by atoms with Crippen LogP contribution < -0.4 is 10.3 Å². The van der Waals surface area contributed by atoms with Crippen LogP contribution in [-0.2, 0) is 32.0 Å². The van der Waals surface area contributed by atoms with Crippen LogP contribution in [0.4, 0.5) is 0 Å². The lowest BCUT2D eigenvalue weighted by Gasteiger charge is -2.30. The van der Waals surface area contributed by atoms with E-state index in [4.69, 9.17) is 4.98 Å². The summed E-state index contributed by atoms with van der Waals surface area (Å²) in [5.74, 6) is 0.331. The van der Waals surface area contributed by atoms with Gasteiger partial charge in [0.1, 0.15) is 5.82 Å². The van der Waals surface area contributed by atoms with Crippen molar-refractivity contribution in [2.24, 2.45) is 0 Å². The molecule has 2 aromatic heterocycles. The van der Waals surface area contributed by atoms with E-state index in [1.165, 1.54) is 34.1 Å². The van der Waals surface area contributed by atoms with Crippen LogP contribution in [0.15, 0.2) is 63.1 Å². The molecule has 0 unspecified atom stereocenters. The zero-order valence-corrected chi connectivity index (χ0v) is 28.8. The molecule has 0 amide bonds. The molecule has 1 saturated heterocycles. The van der Waals surface area contributed by atoms with Crippen molar-refractivity contribution in [2.75, 3.05) is 13.1 Å². The lowest BCUT2D eigenvalue weighted by Crippen LogP contribution is -2.38. The van der Waals surface area contributed by atoms with Crippen LogP contribution in [0.25, 0.3) is 11.2 Å². The molecule has 2 N–H and O–H groups in total. The molecule has 2 aromatic carbocycles. The van der Waals surface area contributed by atoms with Crippen LogP contribution >= 0.6 is 0 Å². The smallest absolute Gasteiger partial charge is 0.281 e. The number of hydrogen-bond donors (Lipinski definition) is 2. The summed E-state index contributed by atoms with van der Waals surface area (Å²) < 4.78 is 58.8. The standard InChI is InChI=1S/C33H43N7O5S2/c1-33(2,3)25-12-10-23(11-13-25)22-40-31-29(36-38-40)32(41)35-30(34-31)24-18-20-39(21-19-24)47(44,45)28-16-14-27(15-17-28)46(42,43)37-26-8-6-4-5-7-9-26/h10-17,24,26,37H,4-9,18-22H2,1-3H3,(H,34,35,41). The molecule has 4 aromatic rings. The van der Waals surface area contributed by atoms with Gasteiger partial charge in [0.25, 0.3) is 5.56 Å². The highest BCUT2D eigenvalue weighted by molar-refractivity contribution is 7.89. The third-order valence-corrected chi connectivity index (χ3v) is 12.8. The second kappa shape index (κ2) is 13.2. The van der Waals surface area contributed by atoms with E-state index in [-0.39, 0.29) is 51.3 Å². The van der Waals surface area contributed by atoms with Gasteiger partial charge in [-0.1, -0.05) is 75.9 Å². The lowest BCUT2D eigenvalue weighted by atomic mass is 9.87. The van der Waals surface area contributed by atoms with E-state index in [1.807, 2.05) is 12.1 Å². The second-order valence-corrected chi connectivity index (χ2v) is 17.4. The largest absolute Gasteiger partial charge is 0.308 e. The topological polar surface area (TPSA) is 160 Å². The third-order valence-electron chi connectivity index (χ3n) is 9.33. The van der Waals surface area contributed by atoms with E-state index in [0.717, 1.165) is 44.1 Å². The molecule has 0 atom stereocenters. The van der Waals surface area contributed by atoms with Gasteiger partial charge in [-0.05, 0) is 66.5 Å². The zero-order chi connectivity index (χ0) is 33.4. The predicted molar refractivity (Wildman–Crippen MR) is 179 cm³/mol. The molecule has 2 fully saturated rings. The van der Waals surface area contributed by atoms with E-state index < -0.39 is 20.0 Å². The van der Waals surface area contributed by atoms with Gasteiger partial charge in [-0.2, -0.15) is 4.31 Å². The highest BCUT2D eigenvalue weighted by Gasteiger charge is 2.32. The normalized spacial score (nSPS) is 18.0. The van der Waals surface area contributed by atoms with Gasteiger partial charge in [0.15, 0.2) is 11.2 Å². The number of nitrogens with zero attached hydrogens (tertiary/aromatic N) is 5. The fraction of sp³-hybridized carbons (Fsp3) is 0.515. The molecule has 14 heteroatoms. The maximum Gasteiger partial charge on any atom is 0.281 e. The predicted octanol–water partition coefficient (Wildman–Crippen LogP) is 4.43. The molecular weight excluding hydrogens is 639 g/mol. The summed E-state index contributed by atoms with van der Waals surface area (Å²) in [6.07, 6.45) is 6.76. The van der Waals surface area contributed by atoms with Crippen LogP contribution in [0.5, 0.6) is 0 Å². The molecule has 0 bridgehead atoms. The van der Waals surface area contributed by atoms with Crippen molar-refractivity contribution in [1.82, 2.24) is 34.0 Å². The second-order valence-electron chi connectivity index (χ2n) is 13.8. The van der Waals surface area contributed by atoms with Crippen LogP contribution in [0, 0.1) is 0 Å². The minimum atomic E-state index is -3.85. The molecular formula is C33H43N7O5S2. The van der Waals surface area contributed by atoms with E-state index in [1.54, 1.807) is 4.68 Å². The fourth-order valence-electron chi connectivity index (χ4n) is 6.46. The summed E-state index contributed by atoms with van der Waals surface area (Å²) in [6, 6.07) is 13.6. The third kappa shape index (κ3) is 7.35. The van der Waals surface area contributed by atoms with E-state index in [9.17, 15) is 21.6 Å². The van der Waals surface area contributed by atoms with Crippen molar-refractivity contribution >= 4 is 31.2 Å². The van der Waals surface area contributed by atoms with Gasteiger partial charge in [-0.15, -0.1) is 5.10 Å². The Morgan fingerprint density at radius 3 is 2.09 bits per heavy atom. The number of aromatic nitrogens is 5. The summed E-state index contributed by atoms with van der Waals surface area (Å²) in [5.41, 5.74) is 2.44. The number of nitrogens with one attached hydrogen (secondary N) is 2. The minimum absolute atomic E-state index is 0.0378. The Labute approximate surface area is 276 Å². The molecule has 6 rings (SSSR count). The summed E-state index contributed by atoms with van der Waals surface area (Å²) in [4.78, 5) is 20.6. The number of aromatic amines is 1. The number of sulfonamides is 2. The molecule has 2 aliphatic rings. The highest BCUT2D eigenvalue weighted by atomic mass is 32.2. The molecule has 12 nitrogen and oxygen atoms in total. The summed E-state index contributed by atoms with van der Waals surface area (Å²) >= 11 is 0. The first kappa shape index (κ1) is 33.4. The maximum atomic E-state index is 13.5. The average molecular weight is 682 g/mol. The Bertz CT molecular complexity index is 1980. The molecule has 47 heavy (non-hydrogen) atoms. The van der Waals surface area contributed by atoms with Crippen molar-refractivity contribution in [3.8, 4) is 0 Å². The summed E-state index contributed by atoms with van der Waals surface area (Å²) in [6.45, 7) is 7.35. The van der Waals surface area contributed by atoms with Crippen molar-refractivity contribution in [2.45, 2.75) is 106 Å². The molecule has 0 spiro atoms. The SMILES string of the molecule is CC(C)(C)c1ccc(Cn2nnc3c(=O)[nH]c(C4CCN(S(=O)(=O)c5ccc(S(=O)(=O)NC6CCCCCC6)cc5)CC4)nc32)cc1. The number of H-pyrrole nitrogens is 1. The lowest BCUT2D eigenvalue weighted by molar-refractivity contribution is 0.313. The van der Waals surface area contributed by atoms with Gasteiger partial charge < -0.3 is 4.98 Å². The van der Waals surface area contributed by atoms with Crippen LogP contribution in [0.1, 0.15) is 95.0 Å². The Balaban J connectivity index is 1.12. The minimum Gasteiger partial charge on any atom is -0.308 e. The van der Waals surface area contributed by atoms with Crippen LogP contribution in [0.2, 0.25) is 0 Å². The van der Waals surface area contributed by atoms with E-state index in [2.05, 4.69) is 52.9 Å². The van der Waals surface area contributed by atoms with E-state index in [0.29, 0.717) is 30.9 Å². The molecule has 252 valence electrons. The van der Waals surface area contributed by atoms with Crippen molar-refractivity contribution in [1.29, 1.82) is 0 Å².